The number of rotatable bonds is 9. The number of non-ortho nitro benzene ring substituents is 1. The maximum atomic E-state index is 12.2. The van der Waals surface area contributed by atoms with Gasteiger partial charge in [-0.15, -0.1) is 0 Å². The SMILES string of the molecule is Cc1nn(Cc2noc(C(=O)NCCNC(=O)c3ccc([N+](=O)[O-])cc3Cl)n2)c(C)c1[N+](=O)[O-]. The number of nitrogens with zero attached hydrogens (tertiary/aromatic N) is 6. The highest BCUT2D eigenvalue weighted by atomic mass is 35.5. The number of hydrogen-bond acceptors (Lipinski definition) is 10. The fourth-order valence-electron chi connectivity index (χ4n) is 2.97. The van der Waals surface area contributed by atoms with Crippen molar-refractivity contribution in [1.82, 2.24) is 30.6 Å². The molecule has 0 spiro atoms. The third-order valence-corrected chi connectivity index (χ3v) is 4.90. The fourth-order valence-corrected chi connectivity index (χ4v) is 3.24. The van der Waals surface area contributed by atoms with Crippen LogP contribution < -0.4 is 10.6 Å². The van der Waals surface area contributed by atoms with Crippen LogP contribution in [-0.2, 0) is 6.54 Å². The van der Waals surface area contributed by atoms with Crippen molar-refractivity contribution in [3.05, 3.63) is 72.1 Å². The minimum Gasteiger partial charge on any atom is -0.350 e. The van der Waals surface area contributed by atoms with Gasteiger partial charge in [0.1, 0.15) is 17.9 Å². The van der Waals surface area contributed by atoms with E-state index in [4.69, 9.17) is 16.1 Å². The lowest BCUT2D eigenvalue weighted by Crippen LogP contribution is -2.35. The van der Waals surface area contributed by atoms with E-state index in [0.717, 1.165) is 12.1 Å². The molecule has 0 unspecified atom stereocenters. The lowest BCUT2D eigenvalue weighted by molar-refractivity contribution is -0.386. The quantitative estimate of drug-likeness (QED) is 0.250. The normalized spacial score (nSPS) is 10.7. The molecule has 3 rings (SSSR count). The monoisotopic (exact) mass is 492 g/mol. The molecule has 0 bridgehead atoms. The van der Waals surface area contributed by atoms with Gasteiger partial charge in [0, 0.05) is 25.2 Å². The fraction of sp³-hybridized carbons (Fsp3) is 0.278. The second-order valence-electron chi connectivity index (χ2n) is 6.88. The molecule has 2 heterocycles. The number of carbonyl (C=O) groups is 2. The average Bonchev–Trinajstić information content (AvgIpc) is 3.34. The van der Waals surface area contributed by atoms with Crippen LogP contribution in [0.3, 0.4) is 0 Å². The molecule has 0 aliphatic rings. The van der Waals surface area contributed by atoms with Gasteiger partial charge in [-0.3, -0.25) is 34.5 Å². The van der Waals surface area contributed by atoms with Gasteiger partial charge in [-0.2, -0.15) is 10.1 Å². The Balaban J connectivity index is 1.51. The Labute approximate surface area is 195 Å². The van der Waals surface area contributed by atoms with Crippen molar-refractivity contribution in [2.45, 2.75) is 20.4 Å². The van der Waals surface area contributed by atoms with E-state index in [1.54, 1.807) is 0 Å². The topological polar surface area (TPSA) is 201 Å². The van der Waals surface area contributed by atoms with Crippen molar-refractivity contribution in [3.8, 4) is 0 Å². The lowest BCUT2D eigenvalue weighted by Gasteiger charge is -2.07. The Bertz CT molecular complexity index is 1290. The molecule has 0 aliphatic heterocycles. The first-order valence-electron chi connectivity index (χ1n) is 9.59. The number of benzene rings is 1. The zero-order chi connectivity index (χ0) is 25.0. The molecule has 0 radical (unpaired) electrons. The number of halogens is 1. The Kier molecular flexibility index (Phi) is 7.15. The first kappa shape index (κ1) is 24.2. The molecule has 2 aromatic heterocycles. The molecule has 0 aliphatic carbocycles. The van der Waals surface area contributed by atoms with E-state index in [-0.39, 0.29) is 59.0 Å². The highest BCUT2D eigenvalue weighted by molar-refractivity contribution is 6.34. The van der Waals surface area contributed by atoms with Gasteiger partial charge in [0.15, 0.2) is 5.82 Å². The molecule has 178 valence electrons. The number of aryl methyl sites for hydroxylation is 1. The van der Waals surface area contributed by atoms with E-state index in [1.807, 2.05) is 0 Å². The number of nitro groups is 2. The van der Waals surface area contributed by atoms with E-state index in [0.29, 0.717) is 5.69 Å². The number of nitrogens with one attached hydrogen (secondary N) is 2. The molecule has 34 heavy (non-hydrogen) atoms. The first-order chi connectivity index (χ1) is 16.1. The highest BCUT2D eigenvalue weighted by Crippen LogP contribution is 2.23. The first-order valence-corrected chi connectivity index (χ1v) is 9.97. The lowest BCUT2D eigenvalue weighted by atomic mass is 10.2. The summed E-state index contributed by atoms with van der Waals surface area (Å²) < 4.78 is 6.24. The van der Waals surface area contributed by atoms with E-state index in [1.165, 1.54) is 24.6 Å². The van der Waals surface area contributed by atoms with Gasteiger partial charge in [-0.25, -0.2) is 0 Å². The van der Waals surface area contributed by atoms with E-state index >= 15 is 0 Å². The Morgan fingerprint density at radius 1 is 1.12 bits per heavy atom. The van der Waals surface area contributed by atoms with Gasteiger partial charge < -0.3 is 15.2 Å². The van der Waals surface area contributed by atoms with Crippen molar-refractivity contribution >= 4 is 34.8 Å². The van der Waals surface area contributed by atoms with Crippen LogP contribution in [0.4, 0.5) is 11.4 Å². The number of hydrogen-bond donors (Lipinski definition) is 2. The second kappa shape index (κ2) is 10.0. The molecule has 16 heteroatoms. The predicted octanol–water partition coefficient (Wildman–Crippen LogP) is 1.56. The molecule has 1 aromatic carbocycles. The van der Waals surface area contributed by atoms with Gasteiger partial charge >= 0.3 is 17.5 Å². The van der Waals surface area contributed by atoms with Crippen LogP contribution in [0.5, 0.6) is 0 Å². The van der Waals surface area contributed by atoms with Crippen LogP contribution in [0.2, 0.25) is 5.02 Å². The Hall–Kier alpha value is -4.40. The third-order valence-electron chi connectivity index (χ3n) is 4.58. The summed E-state index contributed by atoms with van der Waals surface area (Å²) in [5.74, 6) is -1.52. The summed E-state index contributed by atoms with van der Waals surface area (Å²) in [6, 6.07) is 3.45. The number of nitro benzene ring substituents is 1. The molecule has 15 nitrogen and oxygen atoms in total. The van der Waals surface area contributed by atoms with Crippen LogP contribution >= 0.6 is 11.6 Å². The van der Waals surface area contributed by atoms with E-state index in [2.05, 4.69) is 25.9 Å². The van der Waals surface area contributed by atoms with Crippen LogP contribution in [-0.4, -0.2) is 54.7 Å². The maximum absolute atomic E-state index is 12.2. The predicted molar refractivity (Wildman–Crippen MR) is 115 cm³/mol. The number of aromatic nitrogens is 4. The van der Waals surface area contributed by atoms with E-state index < -0.39 is 21.7 Å². The Morgan fingerprint density at radius 2 is 1.79 bits per heavy atom. The van der Waals surface area contributed by atoms with Crippen molar-refractivity contribution < 1.29 is 24.0 Å². The molecule has 3 aromatic rings. The Morgan fingerprint density at radius 3 is 2.38 bits per heavy atom. The summed E-state index contributed by atoms with van der Waals surface area (Å²) in [5, 5.41) is 34.5. The average molecular weight is 493 g/mol. The smallest absolute Gasteiger partial charge is 0.316 e. The molecule has 0 saturated heterocycles. The van der Waals surface area contributed by atoms with Gasteiger partial charge in [0.05, 0.1) is 20.4 Å². The van der Waals surface area contributed by atoms with Crippen molar-refractivity contribution in [3.63, 3.8) is 0 Å². The zero-order valence-corrected chi connectivity index (χ0v) is 18.5. The summed E-state index contributed by atoms with van der Waals surface area (Å²) in [4.78, 5) is 49.0. The van der Waals surface area contributed by atoms with Gasteiger partial charge in [-0.1, -0.05) is 16.8 Å². The number of carbonyl (C=O) groups excluding carboxylic acids is 2. The zero-order valence-electron chi connectivity index (χ0n) is 17.8. The van der Waals surface area contributed by atoms with Crippen LogP contribution in [0, 0.1) is 34.1 Å². The largest absolute Gasteiger partial charge is 0.350 e. The molecule has 2 amide bonds. The summed E-state index contributed by atoms with van der Waals surface area (Å²) >= 11 is 5.90. The van der Waals surface area contributed by atoms with Gasteiger partial charge in [0.2, 0.25) is 0 Å². The molecule has 2 N–H and O–H groups in total. The van der Waals surface area contributed by atoms with Crippen molar-refractivity contribution in [1.29, 1.82) is 0 Å². The second-order valence-corrected chi connectivity index (χ2v) is 7.29. The third kappa shape index (κ3) is 5.32. The minimum absolute atomic E-state index is 0.0105. The van der Waals surface area contributed by atoms with E-state index in [9.17, 15) is 29.8 Å². The summed E-state index contributed by atoms with van der Waals surface area (Å²) in [6.07, 6.45) is 0. The number of amides is 2. The summed E-state index contributed by atoms with van der Waals surface area (Å²) in [6.45, 7) is 3.03. The molecule has 0 fully saturated rings. The standard InChI is InChI=1S/C18H17ClN8O7/c1-9-15(27(32)33)10(2)25(23-9)8-14-22-18(34-24-14)17(29)21-6-5-20-16(28)12-4-3-11(26(30)31)7-13(12)19/h3-4,7H,5-6,8H2,1-2H3,(H,20,28)(H,21,29). The summed E-state index contributed by atoms with van der Waals surface area (Å²) in [7, 11) is 0. The van der Waals surface area contributed by atoms with Gasteiger partial charge in [-0.05, 0) is 19.9 Å². The van der Waals surface area contributed by atoms with Crippen LogP contribution in [0.1, 0.15) is 38.3 Å². The summed E-state index contributed by atoms with van der Waals surface area (Å²) in [5.41, 5.74) is 0.232. The van der Waals surface area contributed by atoms with Crippen molar-refractivity contribution in [2.24, 2.45) is 0 Å². The highest BCUT2D eigenvalue weighted by Gasteiger charge is 2.23. The minimum atomic E-state index is -0.694. The van der Waals surface area contributed by atoms with Crippen LogP contribution in [0.25, 0.3) is 0 Å². The molecular formula is C18H17ClN8O7. The molecule has 0 atom stereocenters. The van der Waals surface area contributed by atoms with Crippen LogP contribution in [0.15, 0.2) is 22.7 Å². The molecule has 0 saturated carbocycles. The van der Waals surface area contributed by atoms with Crippen molar-refractivity contribution in [2.75, 3.05) is 13.1 Å². The molecular weight excluding hydrogens is 476 g/mol. The maximum Gasteiger partial charge on any atom is 0.316 e. The van der Waals surface area contributed by atoms with Gasteiger partial charge in [0.25, 0.3) is 11.6 Å².